The number of amides is 1. The third kappa shape index (κ3) is 6.10. The Morgan fingerprint density at radius 3 is 2.69 bits per heavy atom. The van der Waals surface area contributed by atoms with E-state index in [4.69, 9.17) is 9.47 Å². The number of hydrogen-bond acceptors (Lipinski definition) is 8. The van der Waals surface area contributed by atoms with Gasteiger partial charge >= 0.3 is 0 Å². The van der Waals surface area contributed by atoms with Crippen LogP contribution in [0.2, 0.25) is 0 Å². The normalized spacial score (nSPS) is 10.4. The van der Waals surface area contributed by atoms with Gasteiger partial charge in [0.25, 0.3) is 0 Å². The van der Waals surface area contributed by atoms with Crippen molar-refractivity contribution in [2.75, 3.05) is 25.3 Å². The zero-order chi connectivity index (χ0) is 20.6. The van der Waals surface area contributed by atoms with Crippen LogP contribution in [0.1, 0.15) is 11.1 Å². The Bertz CT molecular complexity index is 978. The first-order valence-corrected chi connectivity index (χ1v) is 10.6. The molecular weight excluding hydrogens is 408 g/mol. The van der Waals surface area contributed by atoms with Crippen molar-refractivity contribution in [3.63, 3.8) is 0 Å². The molecular formula is C20H22N4O3S2. The van der Waals surface area contributed by atoms with Gasteiger partial charge in [-0.25, -0.2) is 0 Å². The van der Waals surface area contributed by atoms with Gasteiger partial charge in [0.15, 0.2) is 15.8 Å². The lowest BCUT2D eigenvalue weighted by Crippen LogP contribution is -2.24. The van der Waals surface area contributed by atoms with Crippen LogP contribution in [-0.4, -0.2) is 36.1 Å². The molecule has 29 heavy (non-hydrogen) atoms. The topological polar surface area (TPSA) is 85.4 Å². The fraction of sp³-hybridized carbons (Fsp3) is 0.250. The van der Waals surface area contributed by atoms with Gasteiger partial charge in [-0.2, -0.15) is 0 Å². The Morgan fingerprint density at radius 2 is 1.93 bits per heavy atom. The van der Waals surface area contributed by atoms with Gasteiger partial charge in [-0.3, -0.25) is 4.79 Å². The Labute approximate surface area is 177 Å². The summed E-state index contributed by atoms with van der Waals surface area (Å²) in [6.45, 7) is 2.45. The number of nitrogens with one attached hydrogen (secondary N) is 2. The first-order chi connectivity index (χ1) is 14.1. The molecule has 3 aromatic rings. The fourth-order valence-electron chi connectivity index (χ4n) is 2.53. The summed E-state index contributed by atoms with van der Waals surface area (Å²) in [5, 5.41) is 15.1. The van der Waals surface area contributed by atoms with Crippen LogP contribution in [0.5, 0.6) is 11.5 Å². The minimum Gasteiger partial charge on any atom is -0.493 e. The second-order valence-corrected chi connectivity index (χ2v) is 8.32. The highest BCUT2D eigenvalue weighted by molar-refractivity contribution is 8.01. The first kappa shape index (κ1) is 20.9. The maximum absolute atomic E-state index is 12.2. The summed E-state index contributed by atoms with van der Waals surface area (Å²) in [5.74, 6) is 1.49. The van der Waals surface area contributed by atoms with Gasteiger partial charge in [0.1, 0.15) is 0 Å². The SMILES string of the molecule is COc1ccc(CNC(=O)CSc2nnc(Nc3cccc(C)c3)s2)cc1OC. The number of rotatable bonds is 9. The Hall–Kier alpha value is -2.78. The summed E-state index contributed by atoms with van der Waals surface area (Å²) in [6.07, 6.45) is 0. The molecule has 0 aliphatic heterocycles. The number of carbonyl (C=O) groups excluding carboxylic acids is 1. The Kier molecular flexibility index (Phi) is 7.31. The van der Waals surface area contributed by atoms with Crippen LogP contribution in [0.3, 0.4) is 0 Å². The monoisotopic (exact) mass is 430 g/mol. The smallest absolute Gasteiger partial charge is 0.230 e. The molecule has 0 aliphatic rings. The van der Waals surface area contributed by atoms with Crippen molar-refractivity contribution in [1.29, 1.82) is 0 Å². The van der Waals surface area contributed by atoms with Gasteiger partial charge in [0, 0.05) is 12.2 Å². The molecule has 3 rings (SSSR count). The van der Waals surface area contributed by atoms with Gasteiger partial charge in [-0.15, -0.1) is 10.2 Å². The molecule has 0 aliphatic carbocycles. The molecule has 0 radical (unpaired) electrons. The van der Waals surface area contributed by atoms with Gasteiger partial charge in [-0.1, -0.05) is 41.3 Å². The zero-order valence-electron chi connectivity index (χ0n) is 16.4. The fourth-order valence-corrected chi connectivity index (χ4v) is 4.14. The third-order valence-corrected chi connectivity index (χ3v) is 5.91. The maximum atomic E-state index is 12.2. The third-order valence-electron chi connectivity index (χ3n) is 3.94. The van der Waals surface area contributed by atoms with Crippen LogP contribution in [0.4, 0.5) is 10.8 Å². The number of methoxy groups -OCH3 is 2. The Morgan fingerprint density at radius 1 is 1.10 bits per heavy atom. The summed E-state index contributed by atoms with van der Waals surface area (Å²) in [5.41, 5.74) is 3.06. The van der Waals surface area contributed by atoms with E-state index < -0.39 is 0 Å². The van der Waals surface area contributed by atoms with Crippen molar-refractivity contribution in [3.8, 4) is 11.5 Å². The van der Waals surface area contributed by atoms with Crippen molar-refractivity contribution in [3.05, 3.63) is 53.6 Å². The average molecular weight is 431 g/mol. The predicted octanol–water partition coefficient (Wildman–Crippen LogP) is 4.02. The lowest BCUT2D eigenvalue weighted by atomic mass is 10.2. The molecule has 2 aromatic carbocycles. The molecule has 1 aromatic heterocycles. The highest BCUT2D eigenvalue weighted by Gasteiger charge is 2.10. The first-order valence-electron chi connectivity index (χ1n) is 8.85. The van der Waals surface area contributed by atoms with Crippen molar-refractivity contribution in [2.24, 2.45) is 0 Å². The average Bonchev–Trinajstić information content (AvgIpc) is 3.17. The minimum atomic E-state index is -0.0758. The van der Waals surface area contributed by atoms with E-state index in [-0.39, 0.29) is 11.7 Å². The van der Waals surface area contributed by atoms with E-state index in [0.717, 1.165) is 15.6 Å². The van der Waals surface area contributed by atoms with E-state index >= 15 is 0 Å². The minimum absolute atomic E-state index is 0.0758. The van der Waals surface area contributed by atoms with E-state index in [2.05, 4.69) is 20.8 Å². The molecule has 152 valence electrons. The molecule has 0 fully saturated rings. The van der Waals surface area contributed by atoms with Gasteiger partial charge < -0.3 is 20.1 Å². The zero-order valence-corrected chi connectivity index (χ0v) is 18.0. The van der Waals surface area contributed by atoms with E-state index in [1.54, 1.807) is 14.2 Å². The predicted molar refractivity (Wildman–Crippen MR) is 116 cm³/mol. The number of hydrogen-bond donors (Lipinski definition) is 2. The molecule has 2 N–H and O–H groups in total. The number of ether oxygens (including phenoxy) is 2. The van der Waals surface area contributed by atoms with Crippen molar-refractivity contribution in [2.45, 2.75) is 17.8 Å². The number of benzene rings is 2. The van der Waals surface area contributed by atoms with Gasteiger partial charge in [-0.05, 0) is 42.3 Å². The van der Waals surface area contributed by atoms with E-state index in [0.29, 0.717) is 23.2 Å². The largest absolute Gasteiger partial charge is 0.493 e. The molecule has 0 saturated heterocycles. The molecule has 0 atom stereocenters. The summed E-state index contributed by atoms with van der Waals surface area (Å²) in [6, 6.07) is 13.6. The molecule has 0 spiro atoms. The van der Waals surface area contributed by atoms with Crippen LogP contribution in [0.15, 0.2) is 46.8 Å². The number of anilines is 2. The van der Waals surface area contributed by atoms with Crippen molar-refractivity contribution in [1.82, 2.24) is 15.5 Å². The quantitative estimate of drug-likeness (QED) is 0.496. The Balaban J connectivity index is 1.47. The number of thioether (sulfide) groups is 1. The molecule has 9 heteroatoms. The van der Waals surface area contributed by atoms with Crippen LogP contribution in [-0.2, 0) is 11.3 Å². The molecule has 7 nitrogen and oxygen atoms in total. The summed E-state index contributed by atoms with van der Waals surface area (Å²) in [7, 11) is 3.17. The van der Waals surface area contributed by atoms with E-state index in [1.165, 1.54) is 28.7 Å². The molecule has 0 bridgehead atoms. The van der Waals surface area contributed by atoms with Crippen LogP contribution in [0.25, 0.3) is 0 Å². The second kappa shape index (κ2) is 10.1. The highest BCUT2D eigenvalue weighted by atomic mass is 32.2. The van der Waals surface area contributed by atoms with Crippen LogP contribution >= 0.6 is 23.1 Å². The number of nitrogens with zero attached hydrogens (tertiary/aromatic N) is 2. The summed E-state index contributed by atoms with van der Waals surface area (Å²) < 4.78 is 11.2. The molecule has 0 saturated carbocycles. The lowest BCUT2D eigenvalue weighted by molar-refractivity contribution is -0.118. The number of carbonyl (C=O) groups is 1. The molecule has 1 amide bonds. The van der Waals surface area contributed by atoms with Crippen LogP contribution in [0, 0.1) is 6.92 Å². The van der Waals surface area contributed by atoms with E-state index in [1.807, 2.05) is 49.4 Å². The van der Waals surface area contributed by atoms with E-state index in [9.17, 15) is 4.79 Å². The number of aromatic nitrogens is 2. The second-order valence-electron chi connectivity index (χ2n) is 6.12. The van der Waals surface area contributed by atoms with Gasteiger partial charge in [0.2, 0.25) is 11.0 Å². The highest BCUT2D eigenvalue weighted by Crippen LogP contribution is 2.28. The molecule has 0 unspecified atom stereocenters. The van der Waals surface area contributed by atoms with Crippen molar-refractivity contribution < 1.29 is 14.3 Å². The summed E-state index contributed by atoms with van der Waals surface area (Å²) >= 11 is 2.78. The lowest BCUT2D eigenvalue weighted by Gasteiger charge is -2.10. The molecule has 1 heterocycles. The van der Waals surface area contributed by atoms with Gasteiger partial charge in [0.05, 0.1) is 20.0 Å². The standard InChI is InChI=1S/C20H22N4O3S2/c1-13-5-4-6-15(9-13)22-19-23-24-20(29-19)28-12-18(25)21-11-14-7-8-16(26-2)17(10-14)27-3/h4-10H,11-12H2,1-3H3,(H,21,25)(H,22,23). The van der Waals surface area contributed by atoms with Crippen LogP contribution < -0.4 is 20.1 Å². The maximum Gasteiger partial charge on any atom is 0.230 e. The number of aryl methyl sites for hydroxylation is 1. The summed E-state index contributed by atoms with van der Waals surface area (Å²) in [4.78, 5) is 12.2. The van der Waals surface area contributed by atoms with Crippen molar-refractivity contribution >= 4 is 39.8 Å².